The van der Waals surface area contributed by atoms with E-state index in [0.29, 0.717) is 12.0 Å². The Kier molecular flexibility index (Phi) is 7.57. The lowest BCUT2D eigenvalue weighted by Gasteiger charge is -2.31. The van der Waals surface area contributed by atoms with E-state index in [1.807, 2.05) is 6.07 Å². The largest absolute Gasteiger partial charge is 0.382 e. The summed E-state index contributed by atoms with van der Waals surface area (Å²) in [6.07, 6.45) is 6.42. The van der Waals surface area contributed by atoms with Gasteiger partial charge in [0.25, 0.3) is 0 Å². The molecule has 4 nitrogen and oxygen atoms in total. The molecule has 4 heteroatoms. The summed E-state index contributed by atoms with van der Waals surface area (Å²) in [5, 5.41) is 3.62. The Bertz CT molecular complexity index is 493. The summed E-state index contributed by atoms with van der Waals surface area (Å²) in [5.41, 5.74) is 1.61. The van der Waals surface area contributed by atoms with Crippen molar-refractivity contribution in [2.24, 2.45) is 10.4 Å². The lowest BCUT2D eigenvalue weighted by molar-refractivity contribution is 0.104. The molecular weight excluding hydrogens is 298 g/mol. The minimum absolute atomic E-state index is 0.374. The first-order valence-electron chi connectivity index (χ1n) is 9.22. The van der Waals surface area contributed by atoms with E-state index in [1.54, 1.807) is 0 Å². The number of rotatable bonds is 8. The maximum absolute atomic E-state index is 5.61. The van der Waals surface area contributed by atoms with E-state index >= 15 is 0 Å². The maximum Gasteiger partial charge on any atom is 0.193 e. The van der Waals surface area contributed by atoms with E-state index in [-0.39, 0.29) is 0 Å². The molecule has 1 saturated carbocycles. The normalized spacial score (nSPS) is 17.0. The van der Waals surface area contributed by atoms with Crippen LogP contribution in [0.3, 0.4) is 0 Å². The fourth-order valence-electron chi connectivity index (χ4n) is 3.44. The molecule has 0 saturated heterocycles. The number of nitrogens with zero attached hydrogens (tertiary/aromatic N) is 2. The Morgan fingerprint density at radius 1 is 1.21 bits per heavy atom. The van der Waals surface area contributed by atoms with Gasteiger partial charge in [-0.05, 0) is 37.2 Å². The second kappa shape index (κ2) is 9.67. The number of benzene rings is 1. The van der Waals surface area contributed by atoms with Crippen molar-refractivity contribution in [1.29, 1.82) is 0 Å². The van der Waals surface area contributed by atoms with E-state index in [9.17, 15) is 0 Å². The van der Waals surface area contributed by atoms with Gasteiger partial charge in [-0.25, -0.2) is 4.99 Å². The van der Waals surface area contributed by atoms with Crippen molar-refractivity contribution in [2.45, 2.75) is 45.6 Å². The van der Waals surface area contributed by atoms with Crippen molar-refractivity contribution in [3.05, 3.63) is 35.9 Å². The predicted molar refractivity (Wildman–Crippen MR) is 101 cm³/mol. The molecule has 0 radical (unpaired) electrons. The zero-order valence-corrected chi connectivity index (χ0v) is 15.6. The Labute approximate surface area is 147 Å². The van der Waals surface area contributed by atoms with Gasteiger partial charge in [-0.2, -0.15) is 0 Å². The van der Waals surface area contributed by atoms with E-state index in [2.05, 4.69) is 55.5 Å². The third-order valence-electron chi connectivity index (χ3n) is 4.94. The van der Waals surface area contributed by atoms with Crippen LogP contribution >= 0.6 is 0 Å². The van der Waals surface area contributed by atoms with Crippen LogP contribution in [-0.4, -0.2) is 44.7 Å². The first kappa shape index (κ1) is 18.8. The van der Waals surface area contributed by atoms with E-state index < -0.39 is 0 Å². The third-order valence-corrected chi connectivity index (χ3v) is 4.94. The zero-order chi connectivity index (χ0) is 17.3. The fraction of sp³-hybridized carbons (Fsp3) is 0.650. The van der Waals surface area contributed by atoms with Crippen LogP contribution in [0.5, 0.6) is 0 Å². The van der Waals surface area contributed by atoms with Gasteiger partial charge in [0.1, 0.15) is 0 Å². The summed E-state index contributed by atoms with van der Waals surface area (Å²) in [6.45, 7) is 5.46. The first-order valence-corrected chi connectivity index (χ1v) is 9.22. The number of ether oxygens (including phenoxy) is 1. The summed E-state index contributed by atoms with van der Waals surface area (Å²) < 4.78 is 5.61. The average Bonchev–Trinajstić information content (AvgIpc) is 3.05. The zero-order valence-electron chi connectivity index (χ0n) is 15.6. The van der Waals surface area contributed by atoms with Crippen LogP contribution < -0.4 is 5.32 Å². The summed E-state index contributed by atoms with van der Waals surface area (Å²) in [4.78, 5) is 6.86. The number of hydrogen-bond donors (Lipinski definition) is 1. The van der Waals surface area contributed by atoms with Gasteiger partial charge in [0.05, 0.1) is 6.54 Å². The minimum atomic E-state index is 0.374. The molecule has 24 heavy (non-hydrogen) atoms. The predicted octanol–water partition coefficient (Wildman–Crippen LogP) is 3.68. The molecule has 0 spiro atoms. The van der Waals surface area contributed by atoms with Crippen molar-refractivity contribution in [3.8, 4) is 0 Å². The Morgan fingerprint density at radius 2 is 1.92 bits per heavy atom. The van der Waals surface area contributed by atoms with Crippen LogP contribution in [0.1, 0.15) is 44.6 Å². The van der Waals surface area contributed by atoms with E-state index in [1.165, 1.54) is 31.2 Å². The molecule has 0 bridgehead atoms. The first-order chi connectivity index (χ1) is 11.7. The van der Waals surface area contributed by atoms with Crippen molar-refractivity contribution in [2.75, 3.05) is 33.9 Å². The Balaban J connectivity index is 1.93. The molecule has 0 atom stereocenters. The highest BCUT2D eigenvalue weighted by Crippen LogP contribution is 2.40. The van der Waals surface area contributed by atoms with Crippen molar-refractivity contribution < 1.29 is 4.74 Å². The number of guanidine groups is 1. The van der Waals surface area contributed by atoms with Gasteiger partial charge < -0.3 is 15.0 Å². The molecule has 0 aromatic heterocycles. The average molecular weight is 332 g/mol. The number of hydrogen-bond acceptors (Lipinski definition) is 2. The van der Waals surface area contributed by atoms with Gasteiger partial charge in [0.15, 0.2) is 5.96 Å². The SMILES string of the molecule is CCOCCC1(CNC(=NCc2ccccc2)N(C)C)CCCC1. The van der Waals surface area contributed by atoms with Gasteiger partial charge in [0.2, 0.25) is 0 Å². The van der Waals surface area contributed by atoms with Crippen molar-refractivity contribution in [3.63, 3.8) is 0 Å². The molecule has 134 valence electrons. The molecule has 1 aliphatic carbocycles. The molecule has 1 aromatic carbocycles. The molecular formula is C20H33N3O. The molecule has 0 aliphatic heterocycles. The van der Waals surface area contributed by atoms with Gasteiger partial charge in [0, 0.05) is 33.9 Å². The smallest absolute Gasteiger partial charge is 0.193 e. The summed E-state index contributed by atoms with van der Waals surface area (Å²) in [7, 11) is 4.11. The quantitative estimate of drug-likeness (QED) is 0.448. The van der Waals surface area contributed by atoms with Gasteiger partial charge >= 0.3 is 0 Å². The second-order valence-electron chi connectivity index (χ2n) is 7.03. The van der Waals surface area contributed by atoms with Crippen LogP contribution in [0.4, 0.5) is 0 Å². The molecule has 1 fully saturated rings. The fourth-order valence-corrected chi connectivity index (χ4v) is 3.44. The van der Waals surface area contributed by atoms with Crippen LogP contribution in [0.15, 0.2) is 35.3 Å². The Hall–Kier alpha value is -1.55. The van der Waals surface area contributed by atoms with Crippen LogP contribution in [0.25, 0.3) is 0 Å². The molecule has 1 aromatic rings. The summed E-state index contributed by atoms with van der Waals surface area (Å²) >= 11 is 0. The topological polar surface area (TPSA) is 36.9 Å². The van der Waals surface area contributed by atoms with E-state index in [4.69, 9.17) is 9.73 Å². The lowest BCUT2D eigenvalue weighted by atomic mass is 9.83. The van der Waals surface area contributed by atoms with Crippen molar-refractivity contribution in [1.82, 2.24) is 10.2 Å². The van der Waals surface area contributed by atoms with Gasteiger partial charge in [-0.3, -0.25) is 0 Å². The minimum Gasteiger partial charge on any atom is -0.382 e. The third kappa shape index (κ3) is 5.82. The Morgan fingerprint density at radius 3 is 2.54 bits per heavy atom. The van der Waals surface area contributed by atoms with Gasteiger partial charge in [-0.15, -0.1) is 0 Å². The summed E-state index contributed by atoms with van der Waals surface area (Å²) in [6, 6.07) is 10.4. The molecule has 0 heterocycles. The second-order valence-corrected chi connectivity index (χ2v) is 7.03. The number of aliphatic imine (C=N–C) groups is 1. The highest BCUT2D eigenvalue weighted by atomic mass is 16.5. The lowest BCUT2D eigenvalue weighted by Crippen LogP contribution is -2.42. The molecule has 1 aliphatic rings. The van der Waals surface area contributed by atoms with Crippen LogP contribution in [0.2, 0.25) is 0 Å². The van der Waals surface area contributed by atoms with E-state index in [0.717, 1.165) is 32.1 Å². The van der Waals surface area contributed by atoms with Crippen LogP contribution in [0, 0.1) is 5.41 Å². The maximum atomic E-state index is 5.61. The van der Waals surface area contributed by atoms with Crippen LogP contribution in [-0.2, 0) is 11.3 Å². The monoisotopic (exact) mass is 331 g/mol. The molecule has 0 amide bonds. The van der Waals surface area contributed by atoms with Crippen molar-refractivity contribution >= 4 is 5.96 Å². The van der Waals surface area contributed by atoms with Gasteiger partial charge in [-0.1, -0.05) is 43.2 Å². The highest BCUT2D eigenvalue weighted by Gasteiger charge is 2.33. The summed E-state index contributed by atoms with van der Waals surface area (Å²) in [5.74, 6) is 0.974. The standard InChI is InChI=1S/C20H33N3O/c1-4-24-15-14-20(12-8-9-13-20)17-22-19(23(2)3)21-16-18-10-6-5-7-11-18/h5-7,10-11H,4,8-9,12-17H2,1-3H3,(H,21,22). The molecule has 1 N–H and O–H groups in total. The number of nitrogens with one attached hydrogen (secondary N) is 1. The highest BCUT2D eigenvalue weighted by molar-refractivity contribution is 5.79. The molecule has 0 unspecified atom stereocenters. The molecule has 2 rings (SSSR count).